The first-order valence-corrected chi connectivity index (χ1v) is 12.4. The van der Waals surface area contributed by atoms with Crippen LogP contribution in [-0.2, 0) is 22.7 Å². The summed E-state index contributed by atoms with van der Waals surface area (Å²) in [6, 6.07) is 24.2. The van der Waals surface area contributed by atoms with E-state index in [4.69, 9.17) is 32.7 Å². The highest BCUT2D eigenvalue weighted by Crippen LogP contribution is 2.31. The maximum absolute atomic E-state index is 13.4. The number of carboxylic acids is 1. The van der Waals surface area contributed by atoms with Crippen LogP contribution in [0.25, 0.3) is 10.8 Å². The van der Waals surface area contributed by atoms with Crippen molar-refractivity contribution < 1.29 is 24.2 Å². The van der Waals surface area contributed by atoms with Gasteiger partial charge in [-0.05, 0) is 41.6 Å². The van der Waals surface area contributed by atoms with Crippen molar-refractivity contribution in [1.29, 1.82) is 0 Å². The van der Waals surface area contributed by atoms with Crippen molar-refractivity contribution >= 4 is 45.9 Å². The SMILES string of the molecule is C[C@@H](OCc1ccccc1)[C@H](NC(=O)c1ccc2ccccc2c1OCc1ccc(Cl)c(Cl)c1)C(=O)O. The summed E-state index contributed by atoms with van der Waals surface area (Å²) in [7, 11) is 0. The lowest BCUT2D eigenvalue weighted by Gasteiger charge is -2.23. The highest BCUT2D eigenvalue weighted by atomic mass is 35.5. The van der Waals surface area contributed by atoms with E-state index in [-0.39, 0.29) is 18.8 Å². The van der Waals surface area contributed by atoms with E-state index < -0.39 is 24.0 Å². The molecule has 2 N–H and O–H groups in total. The lowest BCUT2D eigenvalue weighted by atomic mass is 10.0. The van der Waals surface area contributed by atoms with E-state index in [1.165, 1.54) is 0 Å². The third kappa shape index (κ3) is 6.60. The molecule has 4 aromatic carbocycles. The van der Waals surface area contributed by atoms with Crippen molar-refractivity contribution in [3.8, 4) is 5.75 Å². The number of fused-ring (bicyclic) bond motifs is 1. The van der Waals surface area contributed by atoms with Gasteiger partial charge in [0.2, 0.25) is 0 Å². The number of hydrogen-bond acceptors (Lipinski definition) is 4. The minimum Gasteiger partial charge on any atom is -0.487 e. The van der Waals surface area contributed by atoms with Crippen LogP contribution in [0.5, 0.6) is 5.75 Å². The number of ether oxygens (including phenoxy) is 2. The van der Waals surface area contributed by atoms with Gasteiger partial charge in [-0.2, -0.15) is 0 Å². The number of carbonyl (C=O) groups is 2. The number of halogens is 2. The normalized spacial score (nSPS) is 12.6. The first-order valence-electron chi connectivity index (χ1n) is 11.6. The van der Waals surface area contributed by atoms with Crippen LogP contribution in [-0.4, -0.2) is 29.1 Å². The molecular formula is C29H25Cl2NO5. The number of benzene rings is 4. The Morgan fingerprint density at radius 3 is 2.32 bits per heavy atom. The monoisotopic (exact) mass is 537 g/mol. The maximum atomic E-state index is 13.4. The van der Waals surface area contributed by atoms with Gasteiger partial charge in [-0.25, -0.2) is 4.79 Å². The van der Waals surface area contributed by atoms with Crippen LogP contribution < -0.4 is 10.1 Å². The highest BCUT2D eigenvalue weighted by molar-refractivity contribution is 6.42. The number of aliphatic carboxylic acids is 1. The summed E-state index contributed by atoms with van der Waals surface area (Å²) in [4.78, 5) is 25.4. The van der Waals surface area contributed by atoms with E-state index in [9.17, 15) is 14.7 Å². The third-order valence-electron chi connectivity index (χ3n) is 5.87. The molecule has 0 unspecified atom stereocenters. The molecule has 0 heterocycles. The van der Waals surface area contributed by atoms with Crippen molar-refractivity contribution in [3.05, 3.63) is 112 Å². The zero-order chi connectivity index (χ0) is 26.4. The zero-order valence-electron chi connectivity index (χ0n) is 20.0. The lowest BCUT2D eigenvalue weighted by Crippen LogP contribution is -2.48. The standard InChI is InChI=1S/C29H25Cl2NO5/c1-18(36-16-19-7-3-2-4-8-19)26(29(34)35)32-28(33)23-13-12-21-9-5-6-10-22(21)27(23)37-17-20-11-14-24(30)25(31)15-20/h2-15,18,26H,16-17H2,1H3,(H,32,33)(H,34,35)/t18-,26+/m1/s1. The smallest absolute Gasteiger partial charge is 0.328 e. The molecule has 1 amide bonds. The molecule has 0 fully saturated rings. The molecule has 0 aliphatic rings. The quantitative estimate of drug-likeness (QED) is 0.240. The van der Waals surface area contributed by atoms with E-state index >= 15 is 0 Å². The average Bonchev–Trinajstić information content (AvgIpc) is 2.91. The van der Waals surface area contributed by atoms with Crippen LogP contribution in [0.15, 0.2) is 84.9 Å². The van der Waals surface area contributed by atoms with Gasteiger partial charge < -0.3 is 19.9 Å². The lowest BCUT2D eigenvalue weighted by molar-refractivity contribution is -0.143. The third-order valence-corrected chi connectivity index (χ3v) is 6.61. The Morgan fingerprint density at radius 1 is 0.865 bits per heavy atom. The maximum Gasteiger partial charge on any atom is 0.328 e. The van der Waals surface area contributed by atoms with Crippen molar-refractivity contribution in [1.82, 2.24) is 5.32 Å². The Kier molecular flexibility index (Phi) is 8.66. The second kappa shape index (κ2) is 12.1. The summed E-state index contributed by atoms with van der Waals surface area (Å²) in [5.41, 5.74) is 1.87. The fourth-order valence-corrected chi connectivity index (χ4v) is 4.18. The predicted octanol–water partition coefficient (Wildman–Crippen LogP) is 6.51. The molecule has 37 heavy (non-hydrogen) atoms. The molecular weight excluding hydrogens is 513 g/mol. The van der Waals surface area contributed by atoms with Gasteiger partial charge in [-0.1, -0.05) is 89.9 Å². The molecule has 6 nitrogen and oxygen atoms in total. The Balaban J connectivity index is 1.57. The molecule has 0 saturated heterocycles. The van der Waals surface area contributed by atoms with Gasteiger partial charge in [0, 0.05) is 5.39 Å². The number of hydrogen-bond donors (Lipinski definition) is 2. The molecule has 0 spiro atoms. The van der Waals surface area contributed by atoms with Gasteiger partial charge >= 0.3 is 5.97 Å². The average molecular weight is 538 g/mol. The molecule has 2 atom stereocenters. The summed E-state index contributed by atoms with van der Waals surface area (Å²) >= 11 is 12.2. The molecule has 4 aromatic rings. The topological polar surface area (TPSA) is 84.9 Å². The molecule has 0 bridgehead atoms. The largest absolute Gasteiger partial charge is 0.487 e. The number of carbonyl (C=O) groups excluding carboxylic acids is 1. The number of amides is 1. The molecule has 0 saturated carbocycles. The van der Waals surface area contributed by atoms with Crippen molar-refractivity contribution in [2.75, 3.05) is 0 Å². The van der Waals surface area contributed by atoms with Crippen LogP contribution in [0.3, 0.4) is 0 Å². The van der Waals surface area contributed by atoms with Gasteiger partial charge in [0.05, 0.1) is 28.3 Å². The van der Waals surface area contributed by atoms with E-state index in [1.807, 2.05) is 54.6 Å². The summed E-state index contributed by atoms with van der Waals surface area (Å²) < 4.78 is 11.9. The minimum absolute atomic E-state index is 0.129. The molecule has 190 valence electrons. The van der Waals surface area contributed by atoms with Crippen molar-refractivity contribution in [2.45, 2.75) is 32.3 Å². The van der Waals surface area contributed by atoms with E-state index in [0.717, 1.165) is 21.9 Å². The fourth-order valence-electron chi connectivity index (χ4n) is 3.86. The second-order valence-corrected chi connectivity index (χ2v) is 9.31. The Bertz CT molecular complexity index is 1410. The van der Waals surface area contributed by atoms with Crippen molar-refractivity contribution in [3.63, 3.8) is 0 Å². The minimum atomic E-state index is -1.27. The predicted molar refractivity (Wildman–Crippen MR) is 144 cm³/mol. The van der Waals surface area contributed by atoms with E-state index in [1.54, 1.807) is 37.3 Å². The second-order valence-electron chi connectivity index (χ2n) is 8.49. The summed E-state index contributed by atoms with van der Waals surface area (Å²) in [6.45, 7) is 1.96. The van der Waals surface area contributed by atoms with Crippen LogP contribution in [0, 0.1) is 0 Å². The zero-order valence-corrected chi connectivity index (χ0v) is 21.5. The Labute approximate surface area is 224 Å². The van der Waals surface area contributed by atoms with Crippen molar-refractivity contribution in [2.24, 2.45) is 0 Å². The van der Waals surface area contributed by atoms with Gasteiger partial charge in [0.25, 0.3) is 5.91 Å². The van der Waals surface area contributed by atoms with E-state index in [2.05, 4.69) is 5.32 Å². The molecule has 0 radical (unpaired) electrons. The molecule has 8 heteroatoms. The summed E-state index contributed by atoms with van der Waals surface area (Å²) in [6.07, 6.45) is -0.789. The molecule has 4 rings (SSSR count). The van der Waals surface area contributed by atoms with Gasteiger partial charge in [0.15, 0.2) is 6.04 Å². The van der Waals surface area contributed by atoms with Gasteiger partial charge in [-0.3, -0.25) is 4.79 Å². The molecule has 0 aliphatic heterocycles. The highest BCUT2D eigenvalue weighted by Gasteiger charge is 2.29. The van der Waals surface area contributed by atoms with Gasteiger partial charge in [-0.15, -0.1) is 0 Å². The molecule has 0 aliphatic carbocycles. The fraction of sp³-hybridized carbons (Fsp3) is 0.172. The van der Waals surface area contributed by atoms with Crippen LogP contribution in [0.4, 0.5) is 0 Å². The van der Waals surface area contributed by atoms with E-state index in [0.29, 0.717) is 15.8 Å². The first kappa shape index (κ1) is 26.5. The number of nitrogens with one attached hydrogen (secondary N) is 1. The number of carboxylic acid groups (broad SMARTS) is 1. The Morgan fingerprint density at radius 2 is 1.59 bits per heavy atom. The molecule has 0 aromatic heterocycles. The summed E-state index contributed by atoms with van der Waals surface area (Å²) in [5, 5.41) is 14.9. The van der Waals surface area contributed by atoms with Crippen LogP contribution in [0.1, 0.15) is 28.4 Å². The first-order chi connectivity index (χ1) is 17.8. The number of rotatable bonds is 10. The summed E-state index contributed by atoms with van der Waals surface area (Å²) in [5.74, 6) is -1.45. The van der Waals surface area contributed by atoms with Crippen LogP contribution in [0.2, 0.25) is 10.0 Å². The Hall–Kier alpha value is -3.58. The van der Waals surface area contributed by atoms with Gasteiger partial charge in [0.1, 0.15) is 12.4 Å². The van der Waals surface area contributed by atoms with Crippen LogP contribution >= 0.6 is 23.2 Å².